The molecule has 0 bridgehead atoms. The van der Waals surface area contributed by atoms with Gasteiger partial charge in [-0.1, -0.05) is 6.42 Å². The van der Waals surface area contributed by atoms with Crippen LogP contribution in [0.5, 0.6) is 0 Å². The molecule has 2 N–H and O–H groups in total. The Hall–Kier alpha value is -0.370. The molecule has 2 heteroatoms. The molecule has 0 unspecified atom stereocenters. The molecule has 0 amide bonds. The second-order valence-electron chi connectivity index (χ2n) is 2.39. The first-order valence-corrected chi connectivity index (χ1v) is 3.05. The lowest BCUT2D eigenvalue weighted by molar-refractivity contribution is -0.111. The fraction of sp³-hybridized carbons (Fsp3) is 0.833. The second kappa shape index (κ2) is 2.27. The lowest BCUT2D eigenvalue weighted by atomic mass is 10.1. The van der Waals surface area contributed by atoms with Gasteiger partial charge in [0.15, 0.2) is 0 Å². The van der Waals surface area contributed by atoms with Gasteiger partial charge < -0.3 is 10.5 Å². The third-order valence-corrected chi connectivity index (χ3v) is 1.80. The smallest absolute Gasteiger partial charge is 0.124 e. The van der Waals surface area contributed by atoms with Crippen molar-refractivity contribution in [3.8, 4) is 0 Å². The maximum atomic E-state index is 10.1. The van der Waals surface area contributed by atoms with Gasteiger partial charge in [-0.25, -0.2) is 0 Å². The van der Waals surface area contributed by atoms with Crippen LogP contribution in [0.4, 0.5) is 0 Å². The molecule has 0 aromatic rings. The molecule has 0 radical (unpaired) electrons. The Labute approximate surface area is 49.1 Å². The molecule has 1 saturated carbocycles. The average Bonchev–Trinajstić information content (AvgIpc) is 2.14. The van der Waals surface area contributed by atoms with Crippen LogP contribution < -0.4 is 5.73 Å². The molecule has 1 aliphatic carbocycles. The normalized spacial score (nSPS) is 37.6. The first-order chi connectivity index (χ1) is 3.84. The van der Waals surface area contributed by atoms with Gasteiger partial charge in [0.2, 0.25) is 0 Å². The summed E-state index contributed by atoms with van der Waals surface area (Å²) < 4.78 is 0. The summed E-state index contributed by atoms with van der Waals surface area (Å²) in [7, 11) is 0. The van der Waals surface area contributed by atoms with E-state index in [9.17, 15) is 4.79 Å². The van der Waals surface area contributed by atoms with Gasteiger partial charge in [-0.2, -0.15) is 0 Å². The summed E-state index contributed by atoms with van der Waals surface area (Å²) in [6, 6.07) is 0.160. The molecular formula is C6H11NO. The van der Waals surface area contributed by atoms with Crippen LogP contribution in [0, 0.1) is 5.92 Å². The molecule has 0 saturated heterocycles. The summed E-state index contributed by atoms with van der Waals surface area (Å²) >= 11 is 0. The van der Waals surface area contributed by atoms with Crippen LogP contribution in [0.1, 0.15) is 19.3 Å². The Morgan fingerprint density at radius 3 is 2.50 bits per heavy atom. The van der Waals surface area contributed by atoms with Crippen LogP contribution in [0.2, 0.25) is 0 Å². The van der Waals surface area contributed by atoms with Crippen molar-refractivity contribution in [2.75, 3.05) is 0 Å². The molecule has 1 rings (SSSR count). The molecule has 46 valence electrons. The minimum atomic E-state index is 0.160. The van der Waals surface area contributed by atoms with E-state index in [2.05, 4.69) is 0 Å². The third-order valence-electron chi connectivity index (χ3n) is 1.80. The Balaban J connectivity index is 2.41. The molecule has 0 aliphatic heterocycles. The van der Waals surface area contributed by atoms with E-state index in [0.717, 1.165) is 25.5 Å². The van der Waals surface area contributed by atoms with Crippen molar-refractivity contribution in [2.45, 2.75) is 25.3 Å². The monoisotopic (exact) mass is 113 g/mol. The first kappa shape index (κ1) is 5.76. The SMILES string of the molecule is N[C@@H]1CCC[C@H]1C=O. The minimum Gasteiger partial charge on any atom is -0.327 e. The average molecular weight is 113 g/mol. The van der Waals surface area contributed by atoms with Gasteiger partial charge in [-0.3, -0.25) is 0 Å². The lowest BCUT2D eigenvalue weighted by Gasteiger charge is -2.04. The van der Waals surface area contributed by atoms with Crippen molar-refractivity contribution < 1.29 is 4.79 Å². The summed E-state index contributed by atoms with van der Waals surface area (Å²) in [4.78, 5) is 10.1. The predicted octanol–water partition coefficient (Wildman–Crippen LogP) is 0.313. The highest BCUT2D eigenvalue weighted by Crippen LogP contribution is 2.21. The maximum absolute atomic E-state index is 10.1. The van der Waals surface area contributed by atoms with Gasteiger partial charge in [-0.05, 0) is 12.8 Å². The summed E-state index contributed by atoms with van der Waals surface area (Å²) in [6.45, 7) is 0. The molecule has 0 spiro atoms. The van der Waals surface area contributed by atoms with Gasteiger partial charge in [0.05, 0.1) is 0 Å². The van der Waals surface area contributed by atoms with Crippen LogP contribution in [0.15, 0.2) is 0 Å². The Bertz CT molecular complexity index is 92.5. The van der Waals surface area contributed by atoms with Gasteiger partial charge in [0, 0.05) is 12.0 Å². The Kier molecular flexibility index (Phi) is 1.63. The molecule has 8 heavy (non-hydrogen) atoms. The summed E-state index contributed by atoms with van der Waals surface area (Å²) in [5, 5.41) is 0. The van der Waals surface area contributed by atoms with E-state index < -0.39 is 0 Å². The highest BCUT2D eigenvalue weighted by Gasteiger charge is 2.22. The van der Waals surface area contributed by atoms with Gasteiger partial charge in [0.1, 0.15) is 6.29 Å². The number of carbonyl (C=O) groups excluding carboxylic acids is 1. The molecular weight excluding hydrogens is 102 g/mol. The van der Waals surface area contributed by atoms with E-state index in [-0.39, 0.29) is 12.0 Å². The summed E-state index contributed by atoms with van der Waals surface area (Å²) in [5.74, 6) is 0.162. The number of hydrogen-bond acceptors (Lipinski definition) is 2. The zero-order valence-corrected chi connectivity index (χ0v) is 4.84. The number of carbonyl (C=O) groups is 1. The largest absolute Gasteiger partial charge is 0.327 e. The Morgan fingerprint density at radius 1 is 1.50 bits per heavy atom. The number of aldehydes is 1. The lowest BCUT2D eigenvalue weighted by Crippen LogP contribution is -2.24. The standard InChI is InChI=1S/C6H11NO/c7-6-3-1-2-5(6)4-8/h4-6H,1-3,7H2/t5-,6+/m0/s1. The summed E-state index contributed by atoms with van der Waals surface area (Å²) in [5.41, 5.74) is 5.56. The van der Waals surface area contributed by atoms with Crippen molar-refractivity contribution in [3.05, 3.63) is 0 Å². The number of nitrogens with two attached hydrogens (primary N) is 1. The van der Waals surface area contributed by atoms with Crippen LogP contribution >= 0.6 is 0 Å². The van der Waals surface area contributed by atoms with Crippen LogP contribution in [-0.2, 0) is 4.79 Å². The number of hydrogen-bond donors (Lipinski definition) is 1. The van der Waals surface area contributed by atoms with E-state index in [1.165, 1.54) is 0 Å². The third kappa shape index (κ3) is 0.892. The number of rotatable bonds is 1. The quantitative estimate of drug-likeness (QED) is 0.497. The molecule has 1 fully saturated rings. The topological polar surface area (TPSA) is 43.1 Å². The fourth-order valence-electron chi connectivity index (χ4n) is 1.19. The van der Waals surface area contributed by atoms with Crippen molar-refractivity contribution in [3.63, 3.8) is 0 Å². The fourth-order valence-corrected chi connectivity index (χ4v) is 1.19. The van der Waals surface area contributed by atoms with Crippen molar-refractivity contribution >= 4 is 6.29 Å². The molecule has 2 atom stereocenters. The second-order valence-corrected chi connectivity index (χ2v) is 2.39. The van der Waals surface area contributed by atoms with Crippen molar-refractivity contribution in [2.24, 2.45) is 11.7 Å². The van der Waals surface area contributed by atoms with Gasteiger partial charge in [0.25, 0.3) is 0 Å². The predicted molar refractivity (Wildman–Crippen MR) is 31.4 cm³/mol. The van der Waals surface area contributed by atoms with Crippen LogP contribution in [0.3, 0.4) is 0 Å². The van der Waals surface area contributed by atoms with Crippen LogP contribution in [-0.4, -0.2) is 12.3 Å². The van der Waals surface area contributed by atoms with E-state index in [0.29, 0.717) is 0 Å². The molecule has 1 aliphatic rings. The zero-order chi connectivity index (χ0) is 5.98. The Morgan fingerprint density at radius 2 is 2.25 bits per heavy atom. The summed E-state index contributed by atoms with van der Waals surface area (Å²) in [6.07, 6.45) is 4.15. The maximum Gasteiger partial charge on any atom is 0.124 e. The van der Waals surface area contributed by atoms with E-state index in [1.807, 2.05) is 0 Å². The van der Waals surface area contributed by atoms with E-state index >= 15 is 0 Å². The zero-order valence-electron chi connectivity index (χ0n) is 4.84. The van der Waals surface area contributed by atoms with Gasteiger partial charge in [-0.15, -0.1) is 0 Å². The van der Waals surface area contributed by atoms with E-state index in [1.54, 1.807) is 0 Å². The van der Waals surface area contributed by atoms with Gasteiger partial charge >= 0.3 is 0 Å². The minimum absolute atomic E-state index is 0.160. The molecule has 2 nitrogen and oxygen atoms in total. The van der Waals surface area contributed by atoms with Crippen LogP contribution in [0.25, 0.3) is 0 Å². The first-order valence-electron chi connectivity index (χ1n) is 3.05. The van der Waals surface area contributed by atoms with Crippen molar-refractivity contribution in [1.82, 2.24) is 0 Å². The molecule has 0 aromatic carbocycles. The van der Waals surface area contributed by atoms with Crippen molar-refractivity contribution in [1.29, 1.82) is 0 Å². The van der Waals surface area contributed by atoms with E-state index in [4.69, 9.17) is 5.73 Å². The molecule has 0 heterocycles. The molecule has 0 aromatic heterocycles. The highest BCUT2D eigenvalue weighted by molar-refractivity contribution is 5.55. The highest BCUT2D eigenvalue weighted by atomic mass is 16.1.